The van der Waals surface area contributed by atoms with Gasteiger partial charge in [0.05, 0.1) is 78.3 Å². The van der Waals surface area contributed by atoms with E-state index in [1.165, 1.54) is 54.1 Å². The fourth-order valence-corrected chi connectivity index (χ4v) is 22.6. The van der Waals surface area contributed by atoms with Gasteiger partial charge in [0.1, 0.15) is 11.6 Å². The van der Waals surface area contributed by atoms with Crippen molar-refractivity contribution in [1.29, 1.82) is 5.26 Å². The van der Waals surface area contributed by atoms with Crippen LogP contribution in [-0.2, 0) is 0 Å². The average molecular weight is 1210 g/mol. The number of pyridine rings is 2. The maximum absolute atomic E-state index is 13.5. The molecule has 8 heterocycles. The van der Waals surface area contributed by atoms with E-state index in [2.05, 4.69) is 292 Å². The number of hydrogen-bond acceptors (Lipinski definition) is 3. The van der Waals surface area contributed by atoms with E-state index in [9.17, 15) is 5.26 Å². The monoisotopic (exact) mass is 1210 g/mol. The molecule has 17 aromatic rings. The van der Waals surface area contributed by atoms with Crippen molar-refractivity contribution in [3.63, 3.8) is 0 Å². The van der Waals surface area contributed by atoms with E-state index >= 15 is 0 Å². The Bertz CT molecular complexity index is 5730. The Morgan fingerprint density at radius 2 is 0.591 bits per heavy atom. The largest absolute Gasteiger partial charge is 0.306 e. The molecule has 0 saturated carbocycles. The van der Waals surface area contributed by atoms with Crippen molar-refractivity contribution in [1.82, 2.24) is 28.2 Å². The molecule has 11 aromatic carbocycles. The van der Waals surface area contributed by atoms with E-state index in [0.717, 1.165) is 155 Å². The quantitative estimate of drug-likeness (QED) is 0.161. The Morgan fingerprint density at radius 3 is 0.925 bits per heavy atom. The van der Waals surface area contributed by atoms with Crippen molar-refractivity contribution in [2.75, 3.05) is 0 Å². The molecule has 1 spiro atoms. The summed E-state index contributed by atoms with van der Waals surface area (Å²) in [6, 6.07) is 83.9. The van der Waals surface area contributed by atoms with E-state index in [4.69, 9.17) is 9.97 Å². The smallest absolute Gasteiger partial charge is 0.186 e. The highest BCUT2D eigenvalue weighted by molar-refractivity contribution is 7.24. The van der Waals surface area contributed by atoms with Gasteiger partial charge >= 0.3 is 0 Å². The first kappa shape index (κ1) is 53.5. The molecule has 0 N–H and O–H groups in total. The van der Waals surface area contributed by atoms with Crippen molar-refractivity contribution in [2.24, 2.45) is 0 Å². The summed E-state index contributed by atoms with van der Waals surface area (Å²) < 4.78 is 10.1. The summed E-state index contributed by atoms with van der Waals surface area (Å²) in [7, 11) is -3.45. The van der Waals surface area contributed by atoms with Crippen LogP contribution < -0.4 is 20.7 Å². The number of aromatic nitrogens is 6. The van der Waals surface area contributed by atoms with E-state index < -0.39 is 8.07 Å². The van der Waals surface area contributed by atoms with Gasteiger partial charge in [-0.2, -0.15) is 5.26 Å². The molecule has 6 aromatic heterocycles. The number of aryl methyl sites for hydroxylation is 8. The van der Waals surface area contributed by atoms with E-state index in [1.54, 1.807) is 0 Å². The third-order valence-corrected chi connectivity index (χ3v) is 25.6. The summed E-state index contributed by atoms with van der Waals surface area (Å²) in [5.41, 5.74) is 27.9. The summed E-state index contributed by atoms with van der Waals surface area (Å²) >= 11 is 0. The molecule has 0 aliphatic carbocycles. The van der Waals surface area contributed by atoms with Crippen LogP contribution in [0, 0.1) is 66.7 Å². The molecule has 2 aliphatic rings. The highest BCUT2D eigenvalue weighted by Gasteiger charge is 2.57. The van der Waals surface area contributed by atoms with Crippen molar-refractivity contribution in [3.05, 3.63) is 275 Å². The number of rotatable bonds is 5. The fraction of sp³-hybridized carbons (Fsp3) is 0.0941. The maximum atomic E-state index is 13.5. The molecular formula is C85H61N7Si. The Morgan fingerprint density at radius 1 is 0.301 bits per heavy atom. The fourth-order valence-electron chi connectivity index (χ4n) is 17.0. The van der Waals surface area contributed by atoms with Crippen LogP contribution in [0.1, 0.15) is 50.1 Å². The third-order valence-electron chi connectivity index (χ3n) is 20.7. The van der Waals surface area contributed by atoms with Crippen molar-refractivity contribution in [3.8, 4) is 62.5 Å². The maximum Gasteiger partial charge on any atom is 0.186 e. The Kier molecular flexibility index (Phi) is 11.0. The summed E-state index contributed by atoms with van der Waals surface area (Å²) in [6.07, 6.45) is 3.88. The molecule has 0 amide bonds. The molecule has 440 valence electrons. The minimum atomic E-state index is -3.45. The SMILES string of the molecule is Cc1ccc2c(c1)c1cc(C)ccc1n2-c1c(C#N)c(-n2c3ccc(C)cc3c3cc(C)ccc32)c(-n2c3ccc(C)cc3c3cc(C)ccc32)c(-c2cccc3c2[Si]2(c4ccccc4-3)c3cccnc3-c3ncccc32)c1-n1c2ccc(C)cc2c2cc(C)ccc21. The van der Waals surface area contributed by atoms with Crippen LogP contribution in [0.15, 0.2) is 225 Å². The van der Waals surface area contributed by atoms with Gasteiger partial charge in [0, 0.05) is 61.0 Å². The van der Waals surface area contributed by atoms with E-state index in [-0.39, 0.29) is 0 Å². The first-order valence-corrected chi connectivity index (χ1v) is 34.3. The highest BCUT2D eigenvalue weighted by Crippen LogP contribution is 2.53. The van der Waals surface area contributed by atoms with Crippen molar-refractivity contribution >= 4 is 116 Å². The van der Waals surface area contributed by atoms with Crippen molar-refractivity contribution < 1.29 is 0 Å². The van der Waals surface area contributed by atoms with Gasteiger partial charge in [-0.05, 0) is 202 Å². The van der Waals surface area contributed by atoms with Crippen LogP contribution in [0.2, 0.25) is 0 Å². The van der Waals surface area contributed by atoms with Gasteiger partial charge in [-0.25, -0.2) is 0 Å². The van der Waals surface area contributed by atoms with Crippen LogP contribution in [0.4, 0.5) is 0 Å². The molecule has 0 radical (unpaired) electrons. The average Bonchev–Trinajstić information content (AvgIpc) is 1.52. The lowest BCUT2D eigenvalue weighted by Crippen LogP contribution is -2.71. The zero-order valence-electron chi connectivity index (χ0n) is 53.0. The first-order chi connectivity index (χ1) is 45.4. The molecule has 0 saturated heterocycles. The summed E-state index contributed by atoms with van der Waals surface area (Å²) in [5.74, 6) is 0. The predicted molar refractivity (Wildman–Crippen MR) is 389 cm³/mol. The second kappa shape index (κ2) is 19.1. The van der Waals surface area contributed by atoms with E-state index in [0.29, 0.717) is 5.56 Å². The standard InChI is InChI=1S/C85H61N7Si/c1-47-20-28-67-58(38-47)59-39-48(2)21-29-68(59)89(67)81-66(46-86)82(90-69-30-22-49(3)40-60(69)61-41-50(4)23-31-70(61)90)84(92-73-34-26-53(7)44-64(73)65-45-54(8)27-35-74(65)92)78(83(81)91-71-32-24-51(5)42-62(71)63-43-52(6)25-33-72(63)91)57-16-11-15-56-55-14-9-10-17-75(55)93(85(56)57)76-18-12-36-87-79(76)80-77(93)19-13-37-88-80/h9-45H,1-8H3. The van der Waals surface area contributed by atoms with Gasteiger partial charge in [-0.15, -0.1) is 0 Å². The predicted octanol–water partition coefficient (Wildman–Crippen LogP) is 18.2. The minimum absolute atomic E-state index is 0.542. The first-order valence-electron chi connectivity index (χ1n) is 32.3. The minimum Gasteiger partial charge on any atom is -0.306 e. The van der Waals surface area contributed by atoms with Gasteiger partial charge in [0.25, 0.3) is 0 Å². The van der Waals surface area contributed by atoms with Crippen LogP contribution in [0.3, 0.4) is 0 Å². The van der Waals surface area contributed by atoms with Gasteiger partial charge in [-0.1, -0.05) is 148 Å². The van der Waals surface area contributed by atoms with Gasteiger partial charge in [-0.3, -0.25) is 9.97 Å². The van der Waals surface area contributed by atoms with Crippen LogP contribution in [0.25, 0.3) is 144 Å². The Hall–Kier alpha value is -11.4. The molecule has 0 fully saturated rings. The lowest BCUT2D eigenvalue weighted by Gasteiger charge is -2.33. The van der Waals surface area contributed by atoms with Crippen molar-refractivity contribution in [2.45, 2.75) is 55.4 Å². The summed E-state index contributed by atoms with van der Waals surface area (Å²) in [6.45, 7) is 17.6. The topological polar surface area (TPSA) is 69.3 Å². The summed E-state index contributed by atoms with van der Waals surface area (Å²) in [4.78, 5) is 10.7. The zero-order valence-corrected chi connectivity index (χ0v) is 54.0. The third kappa shape index (κ3) is 7.06. The lowest BCUT2D eigenvalue weighted by molar-refractivity contribution is 1.04. The molecule has 2 aliphatic heterocycles. The number of fused-ring (bicyclic) bond motifs is 22. The molecule has 19 rings (SSSR count). The normalized spacial score (nSPS) is 13.0. The number of nitriles is 1. The van der Waals surface area contributed by atoms with Crippen LogP contribution >= 0.6 is 0 Å². The second-order valence-corrected chi connectivity index (χ2v) is 30.2. The second-order valence-electron chi connectivity index (χ2n) is 26.6. The Balaban J connectivity index is 1.18. The zero-order chi connectivity index (χ0) is 62.6. The van der Waals surface area contributed by atoms with Gasteiger partial charge in [0.2, 0.25) is 0 Å². The number of hydrogen-bond donors (Lipinski definition) is 0. The molecule has 7 nitrogen and oxygen atoms in total. The molecule has 8 heteroatoms. The number of benzene rings is 11. The number of nitrogens with zero attached hydrogens (tertiary/aromatic N) is 7. The summed E-state index contributed by atoms with van der Waals surface area (Å²) in [5, 5.41) is 27.6. The molecular weight excluding hydrogens is 1150 g/mol. The Labute approximate surface area is 539 Å². The highest BCUT2D eigenvalue weighted by atomic mass is 28.3. The van der Waals surface area contributed by atoms with Crippen LogP contribution in [-0.4, -0.2) is 36.3 Å². The molecule has 0 bridgehead atoms. The molecule has 93 heavy (non-hydrogen) atoms. The van der Waals surface area contributed by atoms with E-state index in [1.807, 2.05) is 12.4 Å². The molecule has 0 atom stereocenters. The lowest BCUT2D eigenvalue weighted by atomic mass is 9.91. The van der Waals surface area contributed by atoms with Gasteiger partial charge < -0.3 is 18.3 Å². The van der Waals surface area contributed by atoms with Gasteiger partial charge in [0.15, 0.2) is 8.07 Å². The molecule has 0 unspecified atom stereocenters. The van der Waals surface area contributed by atoms with Crippen LogP contribution in [0.5, 0.6) is 0 Å².